The Hall–Kier alpha value is -4.56. The van der Waals surface area contributed by atoms with Gasteiger partial charge in [0.1, 0.15) is 0 Å². The lowest BCUT2D eigenvalue weighted by Crippen LogP contribution is -2.10. The van der Waals surface area contributed by atoms with Gasteiger partial charge in [-0.05, 0) is 59.1 Å². The summed E-state index contributed by atoms with van der Waals surface area (Å²) in [6.45, 7) is 4.51. The molecule has 0 aromatic heterocycles. The van der Waals surface area contributed by atoms with Crippen molar-refractivity contribution in [1.29, 1.82) is 0 Å². The lowest BCUT2D eigenvalue weighted by Gasteiger charge is -2.20. The number of carbonyl (C=O) groups excluding carboxylic acids is 2. The van der Waals surface area contributed by atoms with Crippen molar-refractivity contribution in [3.05, 3.63) is 155 Å². The van der Waals surface area contributed by atoms with Crippen LogP contribution in [-0.2, 0) is 12.8 Å². The van der Waals surface area contributed by atoms with E-state index in [2.05, 4.69) is 50.2 Å². The van der Waals surface area contributed by atoms with E-state index in [4.69, 9.17) is 0 Å². The van der Waals surface area contributed by atoms with Gasteiger partial charge >= 0.3 is 0 Å². The molecule has 2 heteroatoms. The fourth-order valence-electron chi connectivity index (χ4n) is 6.72. The lowest BCUT2D eigenvalue weighted by molar-refractivity contribution is 0.103. The molecule has 0 saturated carbocycles. The minimum Gasteiger partial charge on any atom is -0.289 e. The first-order valence-electron chi connectivity index (χ1n) is 18.2. The standard InChI is InChI=1S/C46H50O2/c1-3-5-7-9-17-23-42-41(33-34-44(43(42)24-18-10-8-6-4-2)46(48)39-21-15-12-16-22-39)37-29-25-35(26-30-37)36-27-31-40(32-28-36)45(47)38-19-13-11-14-20-38/h11-16,19-22,25-34H,3-10,17-18,23-24H2,1-2H3. The molecule has 0 radical (unpaired) electrons. The fourth-order valence-corrected chi connectivity index (χ4v) is 6.72. The maximum Gasteiger partial charge on any atom is 0.193 e. The second kappa shape index (κ2) is 18.1. The van der Waals surface area contributed by atoms with Gasteiger partial charge in [0, 0.05) is 22.3 Å². The van der Waals surface area contributed by atoms with Crippen LogP contribution in [0.1, 0.15) is 121 Å². The third-order valence-corrected chi connectivity index (χ3v) is 9.48. The topological polar surface area (TPSA) is 34.1 Å². The third kappa shape index (κ3) is 9.07. The van der Waals surface area contributed by atoms with E-state index in [1.807, 2.05) is 84.9 Å². The molecule has 0 fully saturated rings. The van der Waals surface area contributed by atoms with Crippen LogP contribution in [-0.4, -0.2) is 11.6 Å². The second-order valence-corrected chi connectivity index (χ2v) is 13.0. The van der Waals surface area contributed by atoms with Crippen molar-refractivity contribution in [3.63, 3.8) is 0 Å². The number of hydrogen-bond acceptors (Lipinski definition) is 2. The highest BCUT2D eigenvalue weighted by molar-refractivity contribution is 6.10. The van der Waals surface area contributed by atoms with Crippen LogP contribution in [0.3, 0.4) is 0 Å². The molecule has 0 aliphatic heterocycles. The molecule has 5 aromatic carbocycles. The minimum atomic E-state index is 0.0371. The third-order valence-electron chi connectivity index (χ3n) is 9.48. The normalized spacial score (nSPS) is 11.0. The molecule has 2 nitrogen and oxygen atoms in total. The van der Waals surface area contributed by atoms with Crippen LogP contribution < -0.4 is 0 Å². The van der Waals surface area contributed by atoms with Crippen molar-refractivity contribution in [2.24, 2.45) is 0 Å². The van der Waals surface area contributed by atoms with Crippen molar-refractivity contribution in [1.82, 2.24) is 0 Å². The average Bonchev–Trinajstić information content (AvgIpc) is 3.15. The zero-order chi connectivity index (χ0) is 33.6. The smallest absolute Gasteiger partial charge is 0.193 e. The number of hydrogen-bond donors (Lipinski definition) is 0. The molecule has 0 heterocycles. The maximum absolute atomic E-state index is 13.9. The summed E-state index contributed by atoms with van der Waals surface area (Å²) in [6, 6.07) is 40.2. The number of rotatable bonds is 18. The molecule has 0 saturated heterocycles. The Kier molecular flexibility index (Phi) is 13.1. The van der Waals surface area contributed by atoms with Gasteiger partial charge in [-0.3, -0.25) is 9.59 Å². The van der Waals surface area contributed by atoms with Crippen LogP contribution >= 0.6 is 0 Å². The minimum absolute atomic E-state index is 0.0371. The summed E-state index contributed by atoms with van der Waals surface area (Å²) in [6.07, 6.45) is 14.0. The zero-order valence-corrected chi connectivity index (χ0v) is 28.8. The predicted octanol–water partition coefficient (Wildman–Crippen LogP) is 12.5. The van der Waals surface area contributed by atoms with Gasteiger partial charge in [-0.2, -0.15) is 0 Å². The van der Waals surface area contributed by atoms with E-state index < -0.39 is 0 Å². The first-order valence-corrected chi connectivity index (χ1v) is 18.2. The Bertz CT molecular complexity index is 1730. The highest BCUT2D eigenvalue weighted by Crippen LogP contribution is 2.34. The molecule has 0 N–H and O–H groups in total. The summed E-state index contributed by atoms with van der Waals surface area (Å²) in [4.78, 5) is 26.9. The van der Waals surface area contributed by atoms with Crippen molar-refractivity contribution in [2.75, 3.05) is 0 Å². The molecule has 0 aliphatic carbocycles. The van der Waals surface area contributed by atoms with Crippen LogP contribution in [0.15, 0.2) is 121 Å². The van der Waals surface area contributed by atoms with Crippen molar-refractivity contribution in [2.45, 2.75) is 90.9 Å². The van der Waals surface area contributed by atoms with E-state index in [0.717, 1.165) is 47.9 Å². The first kappa shape index (κ1) is 34.8. The van der Waals surface area contributed by atoms with Crippen molar-refractivity contribution in [3.8, 4) is 22.3 Å². The van der Waals surface area contributed by atoms with Crippen molar-refractivity contribution < 1.29 is 9.59 Å². The van der Waals surface area contributed by atoms with Gasteiger partial charge in [0.25, 0.3) is 0 Å². The van der Waals surface area contributed by atoms with Gasteiger partial charge in [0.05, 0.1) is 0 Å². The van der Waals surface area contributed by atoms with Gasteiger partial charge in [-0.1, -0.05) is 187 Å². The molecule has 0 spiro atoms. The fraction of sp³-hybridized carbons (Fsp3) is 0.304. The van der Waals surface area contributed by atoms with Gasteiger partial charge in [0.2, 0.25) is 0 Å². The molecule has 0 atom stereocenters. The van der Waals surface area contributed by atoms with Gasteiger partial charge in [-0.25, -0.2) is 0 Å². The molecular formula is C46H50O2. The largest absolute Gasteiger partial charge is 0.289 e. The Morgan fingerprint density at radius 1 is 0.396 bits per heavy atom. The number of carbonyl (C=O) groups is 2. The van der Waals surface area contributed by atoms with E-state index in [0.29, 0.717) is 11.1 Å². The Labute approximate surface area is 288 Å². The molecule has 5 rings (SSSR count). The van der Waals surface area contributed by atoms with Gasteiger partial charge in [0.15, 0.2) is 11.6 Å². The highest BCUT2D eigenvalue weighted by atomic mass is 16.1. The van der Waals surface area contributed by atoms with E-state index in [1.165, 1.54) is 73.6 Å². The molecule has 48 heavy (non-hydrogen) atoms. The van der Waals surface area contributed by atoms with E-state index in [9.17, 15) is 9.59 Å². The summed E-state index contributed by atoms with van der Waals surface area (Å²) in [5.41, 5.74) is 10.2. The summed E-state index contributed by atoms with van der Waals surface area (Å²) in [5, 5.41) is 0. The lowest BCUT2D eigenvalue weighted by atomic mass is 9.84. The average molecular weight is 635 g/mol. The molecule has 0 amide bonds. The van der Waals surface area contributed by atoms with E-state index in [-0.39, 0.29) is 11.6 Å². The molecule has 5 aromatic rings. The highest BCUT2D eigenvalue weighted by Gasteiger charge is 2.20. The monoisotopic (exact) mass is 634 g/mol. The van der Waals surface area contributed by atoms with Gasteiger partial charge in [-0.15, -0.1) is 0 Å². The molecule has 0 bridgehead atoms. The van der Waals surface area contributed by atoms with Crippen LogP contribution in [0.2, 0.25) is 0 Å². The maximum atomic E-state index is 13.9. The second-order valence-electron chi connectivity index (χ2n) is 13.0. The summed E-state index contributed by atoms with van der Waals surface area (Å²) in [5.74, 6) is 0.164. The number of unbranched alkanes of at least 4 members (excludes halogenated alkanes) is 8. The summed E-state index contributed by atoms with van der Waals surface area (Å²) in [7, 11) is 0. The summed E-state index contributed by atoms with van der Waals surface area (Å²) < 4.78 is 0. The van der Waals surface area contributed by atoms with Crippen LogP contribution in [0.25, 0.3) is 22.3 Å². The van der Waals surface area contributed by atoms with Crippen LogP contribution in [0.4, 0.5) is 0 Å². The SMILES string of the molecule is CCCCCCCc1c(C(=O)c2ccccc2)ccc(-c2ccc(-c3ccc(C(=O)c4ccccc4)cc3)cc2)c1CCCCCCC. The van der Waals surface area contributed by atoms with Crippen LogP contribution in [0.5, 0.6) is 0 Å². The Morgan fingerprint density at radius 2 is 0.833 bits per heavy atom. The van der Waals surface area contributed by atoms with E-state index in [1.54, 1.807) is 0 Å². The molecule has 246 valence electrons. The van der Waals surface area contributed by atoms with Crippen LogP contribution in [0, 0.1) is 0 Å². The van der Waals surface area contributed by atoms with Gasteiger partial charge < -0.3 is 0 Å². The van der Waals surface area contributed by atoms with E-state index >= 15 is 0 Å². The Balaban J connectivity index is 1.46. The Morgan fingerprint density at radius 3 is 1.38 bits per heavy atom. The first-order chi connectivity index (χ1) is 23.6. The number of benzene rings is 5. The quantitative estimate of drug-likeness (QED) is 0.0710. The molecule has 0 aliphatic rings. The molecular weight excluding hydrogens is 585 g/mol. The zero-order valence-electron chi connectivity index (χ0n) is 28.8. The summed E-state index contributed by atoms with van der Waals surface area (Å²) >= 11 is 0. The predicted molar refractivity (Wildman–Crippen MR) is 202 cm³/mol. The van der Waals surface area contributed by atoms with Crippen molar-refractivity contribution >= 4 is 11.6 Å². The number of ketones is 2. The molecule has 0 unspecified atom stereocenters.